The van der Waals surface area contributed by atoms with Crippen LogP contribution < -0.4 is 15.0 Å². The van der Waals surface area contributed by atoms with Gasteiger partial charge in [-0.3, -0.25) is 4.79 Å². The molecule has 0 aliphatic carbocycles. The van der Waals surface area contributed by atoms with Gasteiger partial charge >= 0.3 is 0 Å². The van der Waals surface area contributed by atoms with E-state index in [1.807, 2.05) is 25.1 Å². The van der Waals surface area contributed by atoms with Gasteiger partial charge in [0.1, 0.15) is 11.6 Å². The van der Waals surface area contributed by atoms with Crippen LogP contribution in [-0.2, 0) is 11.3 Å². The molecule has 1 amide bonds. The lowest BCUT2D eigenvalue weighted by atomic mass is 10.1. The molecule has 3 rings (SSSR count). The first-order chi connectivity index (χ1) is 11.6. The number of amides is 1. The molecular weight excluding hydrogens is 307 g/mol. The Labute approximate surface area is 141 Å². The van der Waals surface area contributed by atoms with E-state index < -0.39 is 0 Å². The summed E-state index contributed by atoms with van der Waals surface area (Å²) in [6, 6.07) is 12.1. The van der Waals surface area contributed by atoms with Gasteiger partial charge < -0.3 is 15.0 Å². The molecule has 1 atom stereocenters. The van der Waals surface area contributed by atoms with E-state index in [2.05, 4.69) is 5.32 Å². The Morgan fingerprint density at radius 3 is 2.83 bits per heavy atom. The van der Waals surface area contributed by atoms with E-state index in [4.69, 9.17) is 4.74 Å². The minimum absolute atomic E-state index is 0.0841. The molecule has 1 aliphatic rings. The molecule has 24 heavy (non-hydrogen) atoms. The van der Waals surface area contributed by atoms with E-state index in [9.17, 15) is 9.18 Å². The third-order valence-electron chi connectivity index (χ3n) is 4.37. The molecule has 2 aromatic carbocycles. The van der Waals surface area contributed by atoms with E-state index in [1.54, 1.807) is 25.3 Å². The average Bonchev–Trinajstić information content (AvgIpc) is 2.95. The smallest absolute Gasteiger partial charge is 0.244 e. The van der Waals surface area contributed by atoms with Gasteiger partial charge in [0.15, 0.2) is 0 Å². The SMILES string of the molecule is COc1cc(CNC2CCN(c3ccccc3F)C2=O)ccc1C. The Morgan fingerprint density at radius 2 is 2.08 bits per heavy atom. The van der Waals surface area contributed by atoms with Gasteiger partial charge in [-0.15, -0.1) is 0 Å². The van der Waals surface area contributed by atoms with Gasteiger partial charge in [-0.2, -0.15) is 0 Å². The molecule has 1 aliphatic heterocycles. The molecular formula is C19H21FN2O2. The van der Waals surface area contributed by atoms with Crippen molar-refractivity contribution in [3.8, 4) is 5.75 Å². The number of rotatable bonds is 5. The molecule has 5 heteroatoms. The van der Waals surface area contributed by atoms with Crippen LogP contribution >= 0.6 is 0 Å². The standard InChI is InChI=1S/C19H21FN2O2/c1-13-7-8-14(11-18(13)24-2)12-21-16-9-10-22(19(16)23)17-6-4-3-5-15(17)20/h3-8,11,16,21H,9-10,12H2,1-2H3. The van der Waals surface area contributed by atoms with Crippen LogP contribution in [0.1, 0.15) is 17.5 Å². The van der Waals surface area contributed by atoms with Gasteiger partial charge in [0.2, 0.25) is 5.91 Å². The lowest BCUT2D eigenvalue weighted by Gasteiger charge is -2.18. The second kappa shape index (κ2) is 7.01. The lowest BCUT2D eigenvalue weighted by Crippen LogP contribution is -2.38. The zero-order valence-corrected chi connectivity index (χ0v) is 13.9. The van der Waals surface area contributed by atoms with Gasteiger partial charge in [0, 0.05) is 13.1 Å². The molecule has 2 aromatic rings. The third kappa shape index (κ3) is 3.26. The first kappa shape index (κ1) is 16.5. The third-order valence-corrected chi connectivity index (χ3v) is 4.37. The number of hydrogen-bond acceptors (Lipinski definition) is 3. The van der Waals surface area contributed by atoms with Gasteiger partial charge in [-0.1, -0.05) is 24.3 Å². The van der Waals surface area contributed by atoms with Crippen molar-refractivity contribution in [1.29, 1.82) is 0 Å². The Morgan fingerprint density at radius 1 is 1.29 bits per heavy atom. The van der Waals surface area contributed by atoms with Crippen molar-refractivity contribution in [3.05, 3.63) is 59.4 Å². The van der Waals surface area contributed by atoms with Gasteiger partial charge in [0.05, 0.1) is 18.8 Å². The van der Waals surface area contributed by atoms with Crippen LogP contribution in [0.3, 0.4) is 0 Å². The maximum Gasteiger partial charge on any atom is 0.244 e. The number of carbonyl (C=O) groups excluding carboxylic acids is 1. The highest BCUT2D eigenvalue weighted by Gasteiger charge is 2.33. The van der Waals surface area contributed by atoms with E-state index in [-0.39, 0.29) is 17.8 Å². The molecule has 4 nitrogen and oxygen atoms in total. The van der Waals surface area contributed by atoms with E-state index in [0.717, 1.165) is 16.9 Å². The van der Waals surface area contributed by atoms with Gasteiger partial charge in [0.25, 0.3) is 0 Å². The van der Waals surface area contributed by atoms with Crippen LogP contribution in [0.25, 0.3) is 0 Å². The second-order valence-corrected chi connectivity index (χ2v) is 5.97. The summed E-state index contributed by atoms with van der Waals surface area (Å²) in [6.07, 6.45) is 0.663. The monoisotopic (exact) mass is 328 g/mol. The predicted molar refractivity (Wildman–Crippen MR) is 91.7 cm³/mol. The summed E-state index contributed by atoms with van der Waals surface area (Å²) in [6.45, 7) is 3.08. The molecule has 1 N–H and O–H groups in total. The highest BCUT2D eigenvalue weighted by Crippen LogP contribution is 2.25. The number of halogens is 1. The minimum Gasteiger partial charge on any atom is -0.496 e. The summed E-state index contributed by atoms with van der Waals surface area (Å²) in [5.74, 6) is 0.383. The van der Waals surface area contributed by atoms with Gasteiger partial charge in [-0.05, 0) is 42.7 Å². The topological polar surface area (TPSA) is 41.6 Å². The Hall–Kier alpha value is -2.40. The fourth-order valence-corrected chi connectivity index (χ4v) is 2.99. The number of nitrogens with zero attached hydrogens (tertiary/aromatic N) is 1. The normalized spacial score (nSPS) is 17.4. The number of hydrogen-bond donors (Lipinski definition) is 1. The first-order valence-corrected chi connectivity index (χ1v) is 8.03. The van der Waals surface area contributed by atoms with Crippen molar-refractivity contribution in [3.63, 3.8) is 0 Å². The first-order valence-electron chi connectivity index (χ1n) is 8.03. The summed E-state index contributed by atoms with van der Waals surface area (Å²) in [7, 11) is 1.65. The Balaban J connectivity index is 1.65. The zero-order valence-electron chi connectivity index (χ0n) is 13.9. The van der Waals surface area contributed by atoms with Crippen molar-refractivity contribution in [2.24, 2.45) is 0 Å². The fraction of sp³-hybridized carbons (Fsp3) is 0.316. The largest absolute Gasteiger partial charge is 0.496 e. The summed E-state index contributed by atoms with van der Waals surface area (Å²) in [4.78, 5) is 14.0. The lowest BCUT2D eigenvalue weighted by molar-refractivity contribution is -0.118. The van der Waals surface area contributed by atoms with Crippen molar-refractivity contribution in [2.75, 3.05) is 18.6 Å². The number of anilines is 1. The molecule has 0 radical (unpaired) electrons. The van der Waals surface area contributed by atoms with E-state index in [0.29, 0.717) is 25.2 Å². The number of ether oxygens (including phenoxy) is 1. The minimum atomic E-state index is -0.366. The number of para-hydroxylation sites is 1. The van der Waals surface area contributed by atoms with Crippen molar-refractivity contribution >= 4 is 11.6 Å². The number of carbonyl (C=O) groups is 1. The van der Waals surface area contributed by atoms with Crippen LogP contribution in [0.15, 0.2) is 42.5 Å². The van der Waals surface area contributed by atoms with Crippen LogP contribution in [0.4, 0.5) is 10.1 Å². The van der Waals surface area contributed by atoms with Crippen LogP contribution in [0.2, 0.25) is 0 Å². The number of nitrogens with one attached hydrogen (secondary N) is 1. The molecule has 1 fully saturated rings. The number of methoxy groups -OCH3 is 1. The number of benzene rings is 2. The van der Waals surface area contributed by atoms with E-state index in [1.165, 1.54) is 11.0 Å². The molecule has 1 unspecified atom stereocenters. The summed E-state index contributed by atoms with van der Waals surface area (Å²) < 4.78 is 19.2. The molecule has 126 valence electrons. The second-order valence-electron chi connectivity index (χ2n) is 5.97. The molecule has 0 aromatic heterocycles. The molecule has 1 saturated heterocycles. The van der Waals surface area contributed by atoms with Crippen molar-refractivity contribution < 1.29 is 13.9 Å². The number of aryl methyl sites for hydroxylation is 1. The van der Waals surface area contributed by atoms with Crippen LogP contribution in [-0.4, -0.2) is 25.6 Å². The summed E-state index contributed by atoms with van der Waals surface area (Å²) >= 11 is 0. The summed E-state index contributed by atoms with van der Waals surface area (Å²) in [5, 5.41) is 3.27. The highest BCUT2D eigenvalue weighted by atomic mass is 19.1. The Kier molecular flexibility index (Phi) is 4.81. The van der Waals surface area contributed by atoms with E-state index >= 15 is 0 Å². The van der Waals surface area contributed by atoms with Crippen molar-refractivity contribution in [1.82, 2.24) is 5.32 Å². The van der Waals surface area contributed by atoms with Crippen LogP contribution in [0, 0.1) is 12.7 Å². The maximum absolute atomic E-state index is 13.9. The predicted octanol–water partition coefficient (Wildman–Crippen LogP) is 3.04. The quantitative estimate of drug-likeness (QED) is 0.917. The van der Waals surface area contributed by atoms with Crippen LogP contribution in [0.5, 0.6) is 5.75 Å². The fourth-order valence-electron chi connectivity index (χ4n) is 2.99. The van der Waals surface area contributed by atoms with Gasteiger partial charge in [-0.25, -0.2) is 4.39 Å². The highest BCUT2D eigenvalue weighted by molar-refractivity contribution is 5.99. The Bertz CT molecular complexity index is 748. The molecule has 0 saturated carbocycles. The molecule has 1 heterocycles. The zero-order chi connectivity index (χ0) is 17.1. The maximum atomic E-state index is 13.9. The average molecular weight is 328 g/mol. The molecule has 0 bridgehead atoms. The molecule has 0 spiro atoms. The van der Waals surface area contributed by atoms with Crippen molar-refractivity contribution in [2.45, 2.75) is 25.9 Å². The summed E-state index contributed by atoms with van der Waals surface area (Å²) in [5.41, 5.74) is 2.47.